The molecule has 0 spiro atoms. The van der Waals surface area contributed by atoms with Gasteiger partial charge in [0.2, 0.25) is 17.7 Å². The number of aliphatic hydroxyl groups excluding tert-OH is 1. The lowest BCUT2D eigenvalue weighted by atomic mass is 10.1. The average Bonchev–Trinajstić information content (AvgIpc) is 2.75. The molecule has 0 radical (unpaired) electrons. The van der Waals surface area contributed by atoms with Crippen LogP contribution in [0.5, 0.6) is 0 Å². The number of rotatable bonds is 14. The summed E-state index contributed by atoms with van der Waals surface area (Å²) in [6.45, 7) is -0.737. The highest BCUT2D eigenvalue weighted by atomic mass is 16.4. The van der Waals surface area contributed by atoms with Gasteiger partial charge in [0, 0.05) is 6.42 Å². The predicted molar refractivity (Wildman–Crippen MR) is 113 cm³/mol. The number of unbranched alkanes of at least 4 members (excludes halogenated alkanes) is 1. The van der Waals surface area contributed by atoms with Crippen molar-refractivity contribution < 1.29 is 29.4 Å². The first-order valence-electron chi connectivity index (χ1n) is 9.99. The fraction of sp³-hybridized carbons (Fsp3) is 0.500. The number of nitrogens with one attached hydrogen (secondary N) is 3. The predicted octanol–water partition coefficient (Wildman–Crippen LogP) is -2.15. The molecule has 0 fully saturated rings. The quantitative estimate of drug-likeness (QED) is 0.160. The third-order valence-electron chi connectivity index (χ3n) is 4.46. The number of carbonyl (C=O) groups excluding carboxylic acids is 3. The Morgan fingerprint density at radius 2 is 1.65 bits per heavy atom. The average molecular weight is 437 g/mol. The lowest BCUT2D eigenvalue weighted by Crippen LogP contribution is -2.54. The number of carboxylic acid groups (broad SMARTS) is 1. The highest BCUT2D eigenvalue weighted by Crippen LogP contribution is 2.03. The van der Waals surface area contributed by atoms with Gasteiger partial charge in [-0.2, -0.15) is 0 Å². The van der Waals surface area contributed by atoms with Crippen molar-refractivity contribution in [2.75, 3.05) is 19.7 Å². The molecule has 31 heavy (non-hydrogen) atoms. The van der Waals surface area contributed by atoms with Gasteiger partial charge in [-0.15, -0.1) is 0 Å². The number of hydrogen-bond donors (Lipinski definition) is 7. The largest absolute Gasteiger partial charge is 0.480 e. The molecule has 3 unspecified atom stereocenters. The molecule has 0 aliphatic heterocycles. The van der Waals surface area contributed by atoms with Gasteiger partial charge < -0.3 is 37.6 Å². The standard InChI is InChI=1S/C20H31N5O6/c21-9-5-4-8-14(22)18(28)25-16(12-26)19(29)23-11-17(27)24-15(20(30)31)10-13-6-2-1-3-7-13/h1-3,6-7,14-16,26H,4-5,8-12,21-22H2,(H,23,29)(H,24,27)(H,25,28)(H,30,31). The first kappa shape index (κ1) is 26.0. The van der Waals surface area contributed by atoms with Crippen LogP contribution in [0.4, 0.5) is 0 Å². The van der Waals surface area contributed by atoms with Crippen molar-refractivity contribution in [2.45, 2.75) is 43.8 Å². The fourth-order valence-corrected chi connectivity index (χ4v) is 2.70. The monoisotopic (exact) mass is 437 g/mol. The summed E-state index contributed by atoms with van der Waals surface area (Å²) < 4.78 is 0. The Labute approximate surface area is 180 Å². The molecule has 9 N–H and O–H groups in total. The number of nitrogens with two attached hydrogens (primary N) is 2. The van der Waals surface area contributed by atoms with Gasteiger partial charge in [0.25, 0.3) is 0 Å². The summed E-state index contributed by atoms with van der Waals surface area (Å²) in [6.07, 6.45) is 1.81. The summed E-state index contributed by atoms with van der Waals surface area (Å²) in [5.41, 5.74) is 11.9. The maximum Gasteiger partial charge on any atom is 0.326 e. The van der Waals surface area contributed by atoms with Crippen molar-refractivity contribution in [1.82, 2.24) is 16.0 Å². The van der Waals surface area contributed by atoms with Crippen molar-refractivity contribution in [3.63, 3.8) is 0 Å². The molecular formula is C20H31N5O6. The van der Waals surface area contributed by atoms with E-state index < -0.39 is 55.0 Å². The molecule has 3 atom stereocenters. The van der Waals surface area contributed by atoms with E-state index >= 15 is 0 Å². The number of carboxylic acids is 1. The first-order valence-corrected chi connectivity index (χ1v) is 9.99. The minimum atomic E-state index is -1.29. The number of hydrogen-bond acceptors (Lipinski definition) is 7. The van der Waals surface area contributed by atoms with Crippen LogP contribution in [0.15, 0.2) is 30.3 Å². The van der Waals surface area contributed by atoms with Crippen LogP contribution in [0.25, 0.3) is 0 Å². The third-order valence-corrected chi connectivity index (χ3v) is 4.46. The number of aliphatic carboxylic acids is 1. The SMILES string of the molecule is NCCCCC(N)C(=O)NC(CO)C(=O)NCC(=O)NC(Cc1ccccc1)C(=O)O. The van der Waals surface area contributed by atoms with E-state index in [0.29, 0.717) is 25.8 Å². The van der Waals surface area contributed by atoms with Crippen LogP contribution in [0.1, 0.15) is 24.8 Å². The van der Waals surface area contributed by atoms with Gasteiger partial charge >= 0.3 is 5.97 Å². The van der Waals surface area contributed by atoms with E-state index in [4.69, 9.17) is 11.5 Å². The van der Waals surface area contributed by atoms with E-state index in [9.17, 15) is 29.4 Å². The lowest BCUT2D eigenvalue weighted by Gasteiger charge is -2.19. The molecule has 11 heteroatoms. The molecule has 0 aliphatic rings. The summed E-state index contributed by atoms with van der Waals surface area (Å²) in [4.78, 5) is 47.7. The van der Waals surface area contributed by atoms with Gasteiger partial charge in [-0.1, -0.05) is 36.8 Å². The smallest absolute Gasteiger partial charge is 0.326 e. The van der Waals surface area contributed by atoms with E-state index in [0.717, 1.165) is 5.56 Å². The Kier molecular flexibility index (Phi) is 11.8. The molecule has 3 amide bonds. The van der Waals surface area contributed by atoms with Gasteiger partial charge in [0.1, 0.15) is 12.1 Å². The molecule has 1 rings (SSSR count). The summed E-state index contributed by atoms with van der Waals surface area (Å²) in [7, 11) is 0. The van der Waals surface area contributed by atoms with Gasteiger partial charge in [-0.3, -0.25) is 14.4 Å². The van der Waals surface area contributed by atoms with Gasteiger partial charge in [-0.25, -0.2) is 4.79 Å². The Balaban J connectivity index is 2.51. The highest BCUT2D eigenvalue weighted by Gasteiger charge is 2.24. The maximum absolute atomic E-state index is 12.2. The Bertz CT molecular complexity index is 730. The van der Waals surface area contributed by atoms with Crippen LogP contribution in [0.3, 0.4) is 0 Å². The molecule has 11 nitrogen and oxygen atoms in total. The molecule has 172 valence electrons. The molecule has 0 saturated carbocycles. The number of aliphatic hydroxyl groups is 1. The number of amides is 3. The second kappa shape index (κ2) is 14.1. The van der Waals surface area contributed by atoms with Crippen LogP contribution < -0.4 is 27.4 Å². The van der Waals surface area contributed by atoms with E-state index in [1.54, 1.807) is 30.3 Å². The van der Waals surface area contributed by atoms with Crippen LogP contribution >= 0.6 is 0 Å². The van der Waals surface area contributed by atoms with Crippen molar-refractivity contribution in [1.29, 1.82) is 0 Å². The third kappa shape index (κ3) is 10.0. The lowest BCUT2D eigenvalue weighted by molar-refractivity contribution is -0.141. The van der Waals surface area contributed by atoms with E-state index in [1.807, 2.05) is 0 Å². The van der Waals surface area contributed by atoms with Gasteiger partial charge in [-0.05, 0) is 24.9 Å². The molecule has 0 heterocycles. The van der Waals surface area contributed by atoms with Crippen LogP contribution in [0.2, 0.25) is 0 Å². The molecule has 0 aliphatic carbocycles. The van der Waals surface area contributed by atoms with Crippen molar-refractivity contribution in [2.24, 2.45) is 11.5 Å². The minimum absolute atomic E-state index is 0.0766. The second-order valence-electron chi connectivity index (χ2n) is 7.00. The molecular weight excluding hydrogens is 406 g/mol. The topological polar surface area (TPSA) is 197 Å². The minimum Gasteiger partial charge on any atom is -0.480 e. The summed E-state index contributed by atoms with van der Waals surface area (Å²) in [5.74, 6) is -3.34. The summed E-state index contributed by atoms with van der Waals surface area (Å²) in [6, 6.07) is 5.45. The van der Waals surface area contributed by atoms with Crippen molar-refractivity contribution in [3.8, 4) is 0 Å². The van der Waals surface area contributed by atoms with Gasteiger partial charge in [0.15, 0.2) is 0 Å². The fourth-order valence-electron chi connectivity index (χ4n) is 2.70. The van der Waals surface area contributed by atoms with Crippen molar-refractivity contribution >= 4 is 23.7 Å². The molecule has 1 aromatic rings. The van der Waals surface area contributed by atoms with Crippen LogP contribution in [-0.4, -0.2) is 71.7 Å². The zero-order chi connectivity index (χ0) is 23.2. The first-order chi connectivity index (χ1) is 14.8. The van der Waals surface area contributed by atoms with Crippen molar-refractivity contribution in [3.05, 3.63) is 35.9 Å². The summed E-state index contributed by atoms with van der Waals surface area (Å²) in [5, 5.41) is 25.6. The van der Waals surface area contributed by atoms with E-state index in [1.165, 1.54) is 0 Å². The highest BCUT2D eigenvalue weighted by molar-refractivity contribution is 5.92. The van der Waals surface area contributed by atoms with E-state index in [2.05, 4.69) is 16.0 Å². The Hall–Kier alpha value is -3.02. The molecule has 1 aromatic carbocycles. The van der Waals surface area contributed by atoms with Gasteiger partial charge in [0.05, 0.1) is 19.2 Å². The zero-order valence-corrected chi connectivity index (χ0v) is 17.3. The normalized spacial score (nSPS) is 13.5. The molecule has 0 aromatic heterocycles. The number of carbonyl (C=O) groups is 4. The van der Waals surface area contributed by atoms with E-state index in [-0.39, 0.29) is 6.42 Å². The van der Waals surface area contributed by atoms with Crippen LogP contribution in [-0.2, 0) is 25.6 Å². The number of benzene rings is 1. The van der Waals surface area contributed by atoms with Crippen LogP contribution in [0, 0.1) is 0 Å². The molecule has 0 saturated heterocycles. The Morgan fingerprint density at radius 1 is 0.968 bits per heavy atom. The second-order valence-corrected chi connectivity index (χ2v) is 7.00. The molecule has 0 bridgehead atoms. The Morgan fingerprint density at radius 3 is 2.23 bits per heavy atom. The zero-order valence-electron chi connectivity index (χ0n) is 17.3. The maximum atomic E-state index is 12.2. The summed E-state index contributed by atoms with van der Waals surface area (Å²) >= 11 is 0.